The largest absolute Gasteiger partial charge is 0.439 e. The summed E-state index contributed by atoms with van der Waals surface area (Å²) < 4.78 is 59.3. The van der Waals surface area contributed by atoms with Crippen LogP contribution in [0.25, 0.3) is 21.6 Å². The fourth-order valence-corrected chi connectivity index (χ4v) is 5.56. The highest BCUT2D eigenvalue weighted by Crippen LogP contribution is 2.36. The molecule has 2 aromatic heterocycles. The highest BCUT2D eigenvalue weighted by Gasteiger charge is 2.31. The molecule has 5 rings (SSSR count). The van der Waals surface area contributed by atoms with E-state index in [4.69, 9.17) is 0 Å². The molecule has 1 atom stereocenters. The molecule has 190 valence electrons. The molecule has 1 fully saturated rings. The normalized spacial score (nSPS) is 16.8. The van der Waals surface area contributed by atoms with Crippen molar-refractivity contribution in [2.45, 2.75) is 38.0 Å². The van der Waals surface area contributed by atoms with Gasteiger partial charge in [-0.3, -0.25) is 9.51 Å². The lowest BCUT2D eigenvalue weighted by molar-refractivity contribution is -0.137. The topological polar surface area (TPSA) is 78.3 Å². The van der Waals surface area contributed by atoms with E-state index in [0.29, 0.717) is 40.0 Å². The fourth-order valence-electron chi connectivity index (χ4n) is 4.53. The quantitative estimate of drug-likeness (QED) is 0.333. The number of rotatable bonds is 7. The van der Waals surface area contributed by atoms with Crippen molar-refractivity contribution < 1.29 is 22.1 Å². The molecule has 1 unspecified atom stereocenters. The average Bonchev–Trinajstić information content (AvgIpc) is 3.55. The van der Waals surface area contributed by atoms with Gasteiger partial charge in [0.2, 0.25) is 0 Å². The van der Waals surface area contributed by atoms with Crippen molar-refractivity contribution in [1.82, 2.24) is 20.0 Å². The Kier molecular flexibility index (Phi) is 6.56. The molecule has 1 aliphatic rings. The molecule has 12 heteroatoms. The summed E-state index contributed by atoms with van der Waals surface area (Å²) in [6.07, 6.45) is -1.38. The summed E-state index contributed by atoms with van der Waals surface area (Å²) in [4.78, 5) is 22.4. The van der Waals surface area contributed by atoms with Crippen LogP contribution in [0.15, 0.2) is 45.7 Å². The highest BCUT2D eigenvalue weighted by molar-refractivity contribution is 7.22. The number of benzene rings is 2. The molecular weight excluding hydrogens is 498 g/mol. The van der Waals surface area contributed by atoms with E-state index in [9.17, 15) is 22.4 Å². The van der Waals surface area contributed by atoms with Crippen LogP contribution in [0.1, 0.15) is 30.4 Å². The first kappa shape index (κ1) is 24.4. The first-order valence-electron chi connectivity index (χ1n) is 11.4. The smallest absolute Gasteiger partial charge is 0.344 e. The molecule has 0 radical (unpaired) electrons. The third-order valence-corrected chi connectivity index (χ3v) is 7.56. The molecule has 1 saturated heterocycles. The number of H-pyrrole nitrogens is 1. The Labute approximate surface area is 207 Å². The van der Waals surface area contributed by atoms with Crippen LogP contribution in [0, 0.1) is 5.82 Å². The van der Waals surface area contributed by atoms with Gasteiger partial charge in [-0.15, -0.1) is 0 Å². The van der Waals surface area contributed by atoms with Gasteiger partial charge < -0.3 is 9.80 Å². The minimum Gasteiger partial charge on any atom is -0.344 e. The van der Waals surface area contributed by atoms with Crippen LogP contribution in [0.3, 0.4) is 0 Å². The molecule has 0 aliphatic carbocycles. The Bertz CT molecular complexity index is 1430. The number of nitrogens with one attached hydrogen (secondary N) is 1. The molecule has 2 aromatic carbocycles. The van der Waals surface area contributed by atoms with Crippen molar-refractivity contribution in [3.63, 3.8) is 0 Å². The molecule has 7 nitrogen and oxygen atoms in total. The summed E-state index contributed by atoms with van der Waals surface area (Å²) in [7, 11) is 2.08. The van der Waals surface area contributed by atoms with E-state index in [-0.39, 0.29) is 11.4 Å². The number of thiazole rings is 1. The van der Waals surface area contributed by atoms with Crippen molar-refractivity contribution in [2.24, 2.45) is 0 Å². The summed E-state index contributed by atoms with van der Waals surface area (Å²) in [5.74, 6) is -1.36. The number of fused-ring (bicyclic) bond motifs is 1. The molecule has 0 amide bonds. The zero-order valence-corrected chi connectivity index (χ0v) is 20.1. The maximum absolute atomic E-state index is 14.9. The predicted octanol–water partition coefficient (Wildman–Crippen LogP) is 5.29. The zero-order chi connectivity index (χ0) is 25.4. The number of aromatic nitrogens is 3. The fraction of sp³-hybridized carbons (Fsp3) is 0.375. The van der Waals surface area contributed by atoms with E-state index < -0.39 is 23.3 Å². The standard InChI is InChI=1S/C24H23F4N5O2S/c1-32-9-2-3-16(32)8-10-33(22-29-19-7-5-15(24(26,27)28)12-20(19)36-22)13-14-4-6-17(18(25)11-14)21-30-23(34)35-31-21/h4-7,11-12,16H,2-3,8-10,13H2,1H3,(H,30,31,34). The maximum atomic E-state index is 14.9. The van der Waals surface area contributed by atoms with Gasteiger partial charge >= 0.3 is 11.9 Å². The molecule has 36 heavy (non-hydrogen) atoms. The lowest BCUT2D eigenvalue weighted by Gasteiger charge is -2.26. The number of nitrogens with zero attached hydrogens (tertiary/aromatic N) is 4. The van der Waals surface area contributed by atoms with E-state index in [1.54, 1.807) is 6.07 Å². The summed E-state index contributed by atoms with van der Waals surface area (Å²) in [6, 6.07) is 8.52. The Morgan fingerprint density at radius 2 is 2.08 bits per heavy atom. The van der Waals surface area contributed by atoms with Gasteiger partial charge in [0.25, 0.3) is 0 Å². The van der Waals surface area contributed by atoms with Gasteiger partial charge in [-0.2, -0.15) is 13.2 Å². The number of likely N-dealkylation sites (tertiary alicyclic amines) is 1. The second-order valence-corrected chi connectivity index (χ2v) is 9.93. The third-order valence-electron chi connectivity index (χ3n) is 6.48. The minimum absolute atomic E-state index is 0.00295. The van der Waals surface area contributed by atoms with Crippen LogP contribution in [0.5, 0.6) is 0 Å². The second kappa shape index (κ2) is 9.66. The lowest BCUT2D eigenvalue weighted by Crippen LogP contribution is -2.31. The van der Waals surface area contributed by atoms with Crippen molar-refractivity contribution >= 4 is 26.7 Å². The van der Waals surface area contributed by atoms with Crippen LogP contribution < -0.4 is 10.7 Å². The maximum Gasteiger partial charge on any atom is 0.439 e. The van der Waals surface area contributed by atoms with Gasteiger partial charge in [0.05, 0.1) is 21.3 Å². The number of halogens is 4. The zero-order valence-electron chi connectivity index (χ0n) is 19.3. The second-order valence-electron chi connectivity index (χ2n) is 8.92. The Morgan fingerprint density at radius 3 is 2.75 bits per heavy atom. The molecule has 1 N–H and O–H groups in total. The molecule has 3 heterocycles. The molecule has 0 saturated carbocycles. The highest BCUT2D eigenvalue weighted by atomic mass is 32.1. The minimum atomic E-state index is -4.43. The summed E-state index contributed by atoms with van der Waals surface area (Å²) >= 11 is 1.19. The first-order chi connectivity index (χ1) is 17.2. The number of anilines is 1. The molecular formula is C24H23F4N5O2S. The molecule has 0 bridgehead atoms. The van der Waals surface area contributed by atoms with Crippen molar-refractivity contribution in [3.8, 4) is 11.4 Å². The summed E-state index contributed by atoms with van der Waals surface area (Å²) in [6.45, 7) is 1.96. The SMILES string of the molecule is CN1CCCC1CCN(Cc1ccc(-c2noc(=O)[nH]2)c(F)c1)c1nc2ccc(C(F)(F)F)cc2s1. The number of aromatic amines is 1. The first-order valence-corrected chi connectivity index (χ1v) is 12.3. The van der Waals surface area contributed by atoms with E-state index in [1.807, 2.05) is 4.90 Å². The van der Waals surface area contributed by atoms with Gasteiger partial charge in [0.15, 0.2) is 11.0 Å². The van der Waals surface area contributed by atoms with Crippen LogP contribution in [0.2, 0.25) is 0 Å². The van der Waals surface area contributed by atoms with Gasteiger partial charge in [0, 0.05) is 19.1 Å². The Hall–Kier alpha value is -3.25. The van der Waals surface area contributed by atoms with E-state index in [2.05, 4.69) is 31.6 Å². The number of hydrogen-bond donors (Lipinski definition) is 1. The van der Waals surface area contributed by atoms with E-state index in [1.165, 1.54) is 29.5 Å². The van der Waals surface area contributed by atoms with Crippen molar-refractivity contribution in [1.29, 1.82) is 0 Å². The Balaban J connectivity index is 1.43. The number of hydrogen-bond acceptors (Lipinski definition) is 7. The monoisotopic (exact) mass is 521 g/mol. The van der Waals surface area contributed by atoms with Gasteiger partial charge in [0.1, 0.15) is 5.82 Å². The van der Waals surface area contributed by atoms with Crippen LogP contribution in [-0.2, 0) is 12.7 Å². The molecule has 1 aliphatic heterocycles. The molecule has 4 aromatic rings. The summed E-state index contributed by atoms with van der Waals surface area (Å²) in [5, 5.41) is 4.11. The van der Waals surface area contributed by atoms with Crippen molar-refractivity contribution in [3.05, 3.63) is 63.9 Å². The van der Waals surface area contributed by atoms with E-state index >= 15 is 0 Å². The van der Waals surface area contributed by atoms with Crippen LogP contribution in [0.4, 0.5) is 22.7 Å². The Morgan fingerprint density at radius 1 is 1.25 bits per heavy atom. The van der Waals surface area contributed by atoms with E-state index in [0.717, 1.165) is 37.9 Å². The number of alkyl halides is 3. The van der Waals surface area contributed by atoms with Gasteiger partial charge in [-0.05, 0) is 68.8 Å². The lowest BCUT2D eigenvalue weighted by atomic mass is 10.1. The third kappa shape index (κ3) is 5.14. The van der Waals surface area contributed by atoms with Crippen molar-refractivity contribution in [2.75, 3.05) is 25.0 Å². The van der Waals surface area contributed by atoms with Gasteiger partial charge in [-0.25, -0.2) is 14.2 Å². The predicted molar refractivity (Wildman–Crippen MR) is 128 cm³/mol. The molecule has 0 spiro atoms. The van der Waals surface area contributed by atoms with Gasteiger partial charge in [-0.1, -0.05) is 22.6 Å². The van der Waals surface area contributed by atoms with Crippen LogP contribution >= 0.6 is 11.3 Å². The summed E-state index contributed by atoms with van der Waals surface area (Å²) in [5.41, 5.74) is 0.524. The van der Waals surface area contributed by atoms with Crippen LogP contribution in [-0.4, -0.2) is 46.2 Å². The average molecular weight is 522 g/mol.